The van der Waals surface area contributed by atoms with Crippen molar-refractivity contribution in [3.63, 3.8) is 0 Å². The van der Waals surface area contributed by atoms with Crippen molar-refractivity contribution in [2.45, 2.75) is 37.3 Å². The lowest BCUT2D eigenvalue weighted by Crippen LogP contribution is -2.58. The van der Waals surface area contributed by atoms with Gasteiger partial charge in [0.05, 0.1) is 6.61 Å². The molecule has 0 aromatic carbocycles. The molecule has 1 aliphatic heterocycles. The van der Waals surface area contributed by atoms with Crippen LogP contribution < -0.4 is 5.32 Å². The lowest BCUT2D eigenvalue weighted by molar-refractivity contribution is -0.00411. The van der Waals surface area contributed by atoms with Crippen molar-refractivity contribution in [3.8, 4) is 0 Å². The van der Waals surface area contributed by atoms with E-state index in [1.807, 2.05) is 0 Å². The standard InChI is InChI=1S/C15H31N3O/c1-16-14-6-9-19-11-13(14)10-18(4)12-15(17(2)3)7-5-8-15/h13-14,16H,5-12H2,1-4H3. The average molecular weight is 269 g/mol. The highest BCUT2D eigenvalue weighted by Gasteiger charge is 2.40. The monoisotopic (exact) mass is 269 g/mol. The van der Waals surface area contributed by atoms with Crippen LogP contribution in [0.4, 0.5) is 0 Å². The Morgan fingerprint density at radius 2 is 2.00 bits per heavy atom. The Morgan fingerprint density at radius 1 is 1.26 bits per heavy atom. The fraction of sp³-hybridized carbons (Fsp3) is 1.00. The molecule has 4 heteroatoms. The third-order valence-corrected chi connectivity index (χ3v) is 5.19. The Labute approximate surface area is 118 Å². The second-order valence-electron chi connectivity index (χ2n) is 6.69. The predicted molar refractivity (Wildman–Crippen MR) is 79.5 cm³/mol. The maximum Gasteiger partial charge on any atom is 0.0521 e. The SMILES string of the molecule is CNC1CCOCC1CN(C)CC1(N(C)C)CCC1. The van der Waals surface area contributed by atoms with Crippen LogP contribution in [0.3, 0.4) is 0 Å². The van der Waals surface area contributed by atoms with Gasteiger partial charge in [-0.05, 0) is 53.9 Å². The molecule has 2 fully saturated rings. The van der Waals surface area contributed by atoms with Crippen LogP contribution >= 0.6 is 0 Å². The van der Waals surface area contributed by atoms with Gasteiger partial charge in [0.2, 0.25) is 0 Å². The van der Waals surface area contributed by atoms with E-state index in [0.29, 0.717) is 17.5 Å². The van der Waals surface area contributed by atoms with Crippen molar-refractivity contribution >= 4 is 0 Å². The minimum absolute atomic E-state index is 0.430. The third kappa shape index (κ3) is 3.48. The smallest absolute Gasteiger partial charge is 0.0521 e. The molecule has 0 spiro atoms. The highest BCUT2D eigenvalue weighted by atomic mass is 16.5. The summed E-state index contributed by atoms with van der Waals surface area (Å²) in [5.41, 5.74) is 0.430. The molecule has 0 bridgehead atoms. The topological polar surface area (TPSA) is 27.7 Å². The minimum atomic E-state index is 0.430. The van der Waals surface area contributed by atoms with Gasteiger partial charge in [0, 0.05) is 37.2 Å². The van der Waals surface area contributed by atoms with Crippen molar-refractivity contribution < 1.29 is 4.74 Å². The average Bonchev–Trinajstić information content (AvgIpc) is 2.34. The molecule has 2 aliphatic rings. The summed E-state index contributed by atoms with van der Waals surface area (Å²) in [6.45, 7) is 4.15. The zero-order chi connectivity index (χ0) is 13.9. The summed E-state index contributed by atoms with van der Waals surface area (Å²) in [5.74, 6) is 0.628. The highest BCUT2D eigenvalue weighted by molar-refractivity contribution is 4.98. The first-order chi connectivity index (χ1) is 9.07. The normalized spacial score (nSPS) is 30.6. The Morgan fingerprint density at radius 3 is 2.53 bits per heavy atom. The Hall–Kier alpha value is -0.160. The molecule has 4 nitrogen and oxygen atoms in total. The molecular formula is C15H31N3O. The van der Waals surface area contributed by atoms with Crippen LogP contribution in [0.15, 0.2) is 0 Å². The van der Waals surface area contributed by atoms with Gasteiger partial charge >= 0.3 is 0 Å². The van der Waals surface area contributed by atoms with Crippen LogP contribution in [0.25, 0.3) is 0 Å². The number of likely N-dealkylation sites (N-methyl/N-ethyl adjacent to an activating group) is 2. The van der Waals surface area contributed by atoms with E-state index in [0.717, 1.165) is 26.2 Å². The van der Waals surface area contributed by atoms with Crippen LogP contribution in [0.5, 0.6) is 0 Å². The molecule has 1 saturated heterocycles. The number of ether oxygens (including phenoxy) is 1. The lowest BCUT2D eigenvalue weighted by Gasteiger charge is -2.50. The molecule has 1 saturated carbocycles. The van der Waals surface area contributed by atoms with E-state index in [2.05, 4.69) is 43.3 Å². The Balaban J connectivity index is 1.84. The molecule has 2 unspecified atom stereocenters. The fourth-order valence-corrected chi connectivity index (χ4v) is 3.66. The molecule has 2 atom stereocenters. The first-order valence-corrected chi connectivity index (χ1v) is 7.68. The van der Waals surface area contributed by atoms with E-state index in [4.69, 9.17) is 4.74 Å². The second kappa shape index (κ2) is 6.53. The Kier molecular flexibility index (Phi) is 5.23. The van der Waals surface area contributed by atoms with Gasteiger partial charge < -0.3 is 19.9 Å². The molecular weight excluding hydrogens is 238 g/mol. The van der Waals surface area contributed by atoms with Crippen molar-refractivity contribution in [1.29, 1.82) is 0 Å². The van der Waals surface area contributed by atoms with Crippen molar-refractivity contribution in [2.75, 3.05) is 54.5 Å². The van der Waals surface area contributed by atoms with Crippen LogP contribution in [0.2, 0.25) is 0 Å². The zero-order valence-corrected chi connectivity index (χ0v) is 13.1. The Bertz CT molecular complexity index is 279. The maximum atomic E-state index is 5.66. The molecule has 1 heterocycles. The summed E-state index contributed by atoms with van der Waals surface area (Å²) in [4.78, 5) is 4.95. The van der Waals surface area contributed by atoms with Crippen molar-refractivity contribution in [2.24, 2.45) is 5.92 Å². The van der Waals surface area contributed by atoms with Gasteiger partial charge in [-0.2, -0.15) is 0 Å². The van der Waals surface area contributed by atoms with E-state index in [9.17, 15) is 0 Å². The number of nitrogens with one attached hydrogen (secondary N) is 1. The molecule has 112 valence electrons. The molecule has 2 rings (SSSR count). The van der Waals surface area contributed by atoms with Gasteiger partial charge in [0.1, 0.15) is 0 Å². The molecule has 0 amide bonds. The molecule has 0 aromatic heterocycles. The summed E-state index contributed by atoms with van der Waals surface area (Å²) < 4.78 is 5.66. The highest BCUT2D eigenvalue weighted by Crippen LogP contribution is 2.36. The van der Waals surface area contributed by atoms with E-state index in [-0.39, 0.29) is 0 Å². The predicted octanol–water partition coefficient (Wildman–Crippen LogP) is 1.03. The van der Waals surface area contributed by atoms with Crippen LogP contribution in [0, 0.1) is 5.92 Å². The number of nitrogens with zero attached hydrogens (tertiary/aromatic N) is 2. The van der Waals surface area contributed by atoms with Crippen molar-refractivity contribution in [1.82, 2.24) is 15.1 Å². The quantitative estimate of drug-likeness (QED) is 0.779. The maximum absolute atomic E-state index is 5.66. The largest absolute Gasteiger partial charge is 0.381 e. The molecule has 0 aromatic rings. The van der Waals surface area contributed by atoms with Crippen LogP contribution in [-0.2, 0) is 4.74 Å². The van der Waals surface area contributed by atoms with E-state index in [1.165, 1.54) is 25.8 Å². The zero-order valence-electron chi connectivity index (χ0n) is 13.1. The summed E-state index contributed by atoms with van der Waals surface area (Å²) in [5, 5.41) is 3.46. The summed E-state index contributed by atoms with van der Waals surface area (Å²) in [7, 11) is 8.81. The van der Waals surface area contributed by atoms with Gasteiger partial charge in [-0.1, -0.05) is 0 Å². The number of rotatable bonds is 6. The van der Waals surface area contributed by atoms with Gasteiger partial charge in [-0.25, -0.2) is 0 Å². The molecule has 0 radical (unpaired) electrons. The van der Waals surface area contributed by atoms with E-state index >= 15 is 0 Å². The van der Waals surface area contributed by atoms with Crippen molar-refractivity contribution in [3.05, 3.63) is 0 Å². The molecule has 1 N–H and O–H groups in total. The first kappa shape index (κ1) is 15.2. The van der Waals surface area contributed by atoms with Crippen LogP contribution in [0.1, 0.15) is 25.7 Å². The van der Waals surface area contributed by atoms with Gasteiger partial charge in [-0.15, -0.1) is 0 Å². The molecule has 1 aliphatic carbocycles. The minimum Gasteiger partial charge on any atom is -0.381 e. The second-order valence-corrected chi connectivity index (χ2v) is 6.69. The third-order valence-electron chi connectivity index (χ3n) is 5.19. The van der Waals surface area contributed by atoms with Gasteiger partial charge in [0.25, 0.3) is 0 Å². The van der Waals surface area contributed by atoms with E-state index in [1.54, 1.807) is 0 Å². The number of hydrogen-bond donors (Lipinski definition) is 1. The van der Waals surface area contributed by atoms with Crippen LogP contribution in [-0.4, -0.2) is 75.9 Å². The number of hydrogen-bond acceptors (Lipinski definition) is 4. The molecule has 19 heavy (non-hydrogen) atoms. The lowest BCUT2D eigenvalue weighted by atomic mass is 9.75. The summed E-state index contributed by atoms with van der Waals surface area (Å²) in [6, 6.07) is 0.618. The summed E-state index contributed by atoms with van der Waals surface area (Å²) >= 11 is 0. The van der Waals surface area contributed by atoms with Gasteiger partial charge in [-0.3, -0.25) is 0 Å². The fourth-order valence-electron chi connectivity index (χ4n) is 3.66. The van der Waals surface area contributed by atoms with Gasteiger partial charge in [0.15, 0.2) is 0 Å². The van der Waals surface area contributed by atoms with E-state index < -0.39 is 0 Å². The first-order valence-electron chi connectivity index (χ1n) is 7.68. The summed E-state index contributed by atoms with van der Waals surface area (Å²) in [6.07, 6.45) is 5.23.